The SMILES string of the molecule is O=C(Nc1ccc(F)c(F)c1F)C(C(F)(F)F)(C(F)(F)F)C(F)(F)F. The Hall–Kier alpha value is -2.15. The van der Waals surface area contributed by atoms with Crippen LogP contribution >= 0.6 is 0 Å². The van der Waals surface area contributed by atoms with Gasteiger partial charge in [-0.05, 0) is 12.1 Å². The first kappa shape index (κ1) is 20.9. The third-order valence-electron chi connectivity index (χ3n) is 2.90. The maximum absolute atomic E-state index is 13.2. The predicted molar refractivity (Wildman–Crippen MR) is 55.5 cm³/mol. The number of anilines is 1. The van der Waals surface area contributed by atoms with Crippen LogP contribution in [0, 0.1) is 22.9 Å². The molecule has 0 spiro atoms. The van der Waals surface area contributed by atoms with Crippen LogP contribution in [0.5, 0.6) is 0 Å². The standard InChI is InChI=1S/C11H3F12NO/c12-3-1-2-4(6(14)5(3)13)24-7(25)8(9(15,16)17,10(18,19)20)11(21,22)23/h1-2H,(H,24,25). The van der Waals surface area contributed by atoms with E-state index in [0.717, 1.165) is 0 Å². The molecule has 0 saturated heterocycles. The van der Waals surface area contributed by atoms with Gasteiger partial charge in [-0.15, -0.1) is 0 Å². The maximum Gasteiger partial charge on any atom is 0.421 e. The molecule has 0 unspecified atom stereocenters. The highest BCUT2D eigenvalue weighted by molar-refractivity contribution is 5.97. The number of carbonyl (C=O) groups excluding carboxylic acids is 1. The lowest BCUT2D eigenvalue weighted by atomic mass is 9.84. The van der Waals surface area contributed by atoms with Crippen molar-refractivity contribution in [1.82, 2.24) is 0 Å². The average molecular weight is 393 g/mol. The van der Waals surface area contributed by atoms with Crippen LogP contribution in [0.4, 0.5) is 58.4 Å². The monoisotopic (exact) mass is 393 g/mol. The summed E-state index contributed by atoms with van der Waals surface area (Å²) >= 11 is 0. The van der Waals surface area contributed by atoms with Gasteiger partial charge in [0.05, 0.1) is 5.69 Å². The number of hydrogen-bond donors (Lipinski definition) is 1. The lowest BCUT2D eigenvalue weighted by Crippen LogP contribution is -2.65. The summed E-state index contributed by atoms with van der Waals surface area (Å²) in [5.74, 6) is -10.7. The molecule has 0 aromatic heterocycles. The van der Waals surface area contributed by atoms with Crippen LogP contribution in [0.1, 0.15) is 0 Å². The zero-order chi connectivity index (χ0) is 20.0. The molecule has 142 valence electrons. The highest BCUT2D eigenvalue weighted by atomic mass is 19.4. The zero-order valence-electron chi connectivity index (χ0n) is 11.1. The first-order valence-electron chi connectivity index (χ1n) is 5.63. The van der Waals surface area contributed by atoms with Crippen molar-refractivity contribution in [2.45, 2.75) is 18.5 Å². The fraction of sp³-hybridized carbons (Fsp3) is 0.364. The Morgan fingerprint density at radius 2 is 1.12 bits per heavy atom. The summed E-state index contributed by atoms with van der Waals surface area (Å²) in [5, 5.41) is 0.358. The number of carbonyl (C=O) groups is 1. The van der Waals surface area contributed by atoms with Gasteiger partial charge in [0.1, 0.15) is 0 Å². The molecule has 25 heavy (non-hydrogen) atoms. The van der Waals surface area contributed by atoms with Crippen LogP contribution in [0.3, 0.4) is 0 Å². The second-order valence-electron chi connectivity index (χ2n) is 4.42. The van der Waals surface area contributed by atoms with E-state index in [0.29, 0.717) is 5.32 Å². The van der Waals surface area contributed by atoms with Gasteiger partial charge in [0, 0.05) is 0 Å². The molecule has 0 saturated carbocycles. The largest absolute Gasteiger partial charge is 0.421 e. The highest BCUT2D eigenvalue weighted by Crippen LogP contribution is 2.59. The van der Waals surface area contributed by atoms with Crippen LogP contribution in [-0.2, 0) is 4.79 Å². The van der Waals surface area contributed by atoms with Crippen molar-refractivity contribution in [2.75, 3.05) is 5.32 Å². The maximum atomic E-state index is 13.2. The van der Waals surface area contributed by atoms with Crippen LogP contribution in [0.15, 0.2) is 12.1 Å². The van der Waals surface area contributed by atoms with Gasteiger partial charge in [-0.3, -0.25) is 4.79 Å². The van der Waals surface area contributed by atoms with Gasteiger partial charge in [0.25, 0.3) is 5.91 Å². The van der Waals surface area contributed by atoms with E-state index >= 15 is 0 Å². The second-order valence-corrected chi connectivity index (χ2v) is 4.42. The Labute approximate surface area is 129 Å². The third kappa shape index (κ3) is 3.20. The van der Waals surface area contributed by atoms with Crippen molar-refractivity contribution in [1.29, 1.82) is 0 Å². The van der Waals surface area contributed by atoms with E-state index in [-0.39, 0.29) is 12.1 Å². The fourth-order valence-corrected chi connectivity index (χ4v) is 1.71. The third-order valence-corrected chi connectivity index (χ3v) is 2.90. The van der Waals surface area contributed by atoms with Gasteiger partial charge in [0.15, 0.2) is 17.5 Å². The molecule has 14 heteroatoms. The highest BCUT2D eigenvalue weighted by Gasteiger charge is 2.88. The molecule has 1 aromatic carbocycles. The Kier molecular flexibility index (Phi) is 5.00. The molecule has 0 heterocycles. The molecule has 0 aliphatic heterocycles. The van der Waals surface area contributed by atoms with E-state index < -0.39 is 53.0 Å². The quantitative estimate of drug-likeness (QED) is 0.572. The summed E-state index contributed by atoms with van der Waals surface area (Å²) in [6.07, 6.45) is -21.7. The minimum atomic E-state index is -7.23. The van der Waals surface area contributed by atoms with Crippen molar-refractivity contribution in [3.63, 3.8) is 0 Å². The number of benzene rings is 1. The molecule has 0 aliphatic carbocycles. The van der Waals surface area contributed by atoms with E-state index in [9.17, 15) is 57.5 Å². The van der Waals surface area contributed by atoms with E-state index in [2.05, 4.69) is 0 Å². The molecule has 0 bridgehead atoms. The van der Waals surface area contributed by atoms with Crippen molar-refractivity contribution in [2.24, 2.45) is 5.41 Å². The second kappa shape index (κ2) is 5.98. The Bertz CT molecular complexity index is 635. The van der Waals surface area contributed by atoms with E-state index in [1.165, 1.54) is 0 Å². The molecular formula is C11H3F12NO. The number of amides is 1. The molecule has 1 aromatic rings. The summed E-state index contributed by atoms with van der Waals surface area (Å²) in [7, 11) is 0. The summed E-state index contributed by atoms with van der Waals surface area (Å²) in [5.41, 5.74) is -8.78. The molecule has 1 amide bonds. The number of alkyl halides is 9. The normalized spacial score (nSPS) is 13.8. The number of rotatable bonds is 2. The van der Waals surface area contributed by atoms with Crippen molar-refractivity contribution in [3.05, 3.63) is 29.6 Å². The smallest absolute Gasteiger partial charge is 0.322 e. The van der Waals surface area contributed by atoms with Gasteiger partial charge < -0.3 is 5.32 Å². The molecular weight excluding hydrogens is 390 g/mol. The van der Waals surface area contributed by atoms with Gasteiger partial charge in [-0.1, -0.05) is 0 Å². The first-order chi connectivity index (χ1) is 11.0. The molecule has 1 rings (SSSR count). The minimum Gasteiger partial charge on any atom is -0.322 e. The number of halogens is 12. The Morgan fingerprint density at radius 1 is 0.720 bits per heavy atom. The van der Waals surface area contributed by atoms with Crippen molar-refractivity contribution < 1.29 is 57.5 Å². The summed E-state index contributed by atoms with van der Waals surface area (Å²) in [6, 6.07) is -0.0933. The van der Waals surface area contributed by atoms with Gasteiger partial charge >= 0.3 is 23.9 Å². The van der Waals surface area contributed by atoms with Crippen LogP contribution < -0.4 is 5.32 Å². The Balaban J connectivity index is 3.58. The minimum absolute atomic E-state index is 0.0372. The van der Waals surface area contributed by atoms with Gasteiger partial charge in [0.2, 0.25) is 0 Å². The van der Waals surface area contributed by atoms with Crippen LogP contribution in [0.2, 0.25) is 0 Å². The molecule has 0 fully saturated rings. The predicted octanol–water partition coefficient (Wildman–Crippen LogP) is 4.72. The van der Waals surface area contributed by atoms with Crippen molar-refractivity contribution >= 4 is 11.6 Å². The summed E-state index contributed by atoms with van der Waals surface area (Å²) in [6.45, 7) is 0. The number of hydrogen-bond acceptors (Lipinski definition) is 1. The van der Waals surface area contributed by atoms with E-state index in [1.54, 1.807) is 0 Å². The van der Waals surface area contributed by atoms with Crippen LogP contribution in [0.25, 0.3) is 0 Å². The lowest BCUT2D eigenvalue weighted by Gasteiger charge is -2.36. The molecule has 0 aliphatic rings. The fourth-order valence-electron chi connectivity index (χ4n) is 1.71. The molecule has 0 radical (unpaired) electrons. The lowest BCUT2D eigenvalue weighted by molar-refractivity contribution is -0.405. The average Bonchev–Trinajstić information content (AvgIpc) is 2.34. The first-order valence-corrected chi connectivity index (χ1v) is 5.63. The number of nitrogens with one attached hydrogen (secondary N) is 1. The molecule has 2 nitrogen and oxygen atoms in total. The summed E-state index contributed by atoms with van der Waals surface area (Å²) < 4.78 is 152. The Morgan fingerprint density at radius 3 is 1.48 bits per heavy atom. The van der Waals surface area contributed by atoms with Gasteiger partial charge in [-0.2, -0.15) is 39.5 Å². The van der Waals surface area contributed by atoms with Crippen LogP contribution in [-0.4, -0.2) is 24.4 Å². The van der Waals surface area contributed by atoms with Crippen molar-refractivity contribution in [3.8, 4) is 0 Å². The molecule has 0 atom stereocenters. The zero-order valence-corrected chi connectivity index (χ0v) is 11.1. The summed E-state index contributed by atoms with van der Waals surface area (Å²) in [4.78, 5) is 11.3. The van der Waals surface area contributed by atoms with E-state index in [1.807, 2.05) is 0 Å². The van der Waals surface area contributed by atoms with Gasteiger partial charge in [-0.25, -0.2) is 13.2 Å². The van der Waals surface area contributed by atoms with E-state index in [4.69, 9.17) is 0 Å². The molecule has 1 N–H and O–H groups in total. The topological polar surface area (TPSA) is 29.1 Å².